The quantitative estimate of drug-likeness (QED) is 0.620. The van der Waals surface area contributed by atoms with Gasteiger partial charge in [-0.15, -0.1) is 0 Å². The van der Waals surface area contributed by atoms with Gasteiger partial charge >= 0.3 is 0 Å². The molecule has 1 amide bonds. The summed E-state index contributed by atoms with van der Waals surface area (Å²) in [6.07, 6.45) is 0.877. The molecule has 0 radical (unpaired) electrons. The van der Waals surface area contributed by atoms with Gasteiger partial charge in [-0.1, -0.05) is 24.3 Å². The molecule has 6 heteroatoms. The van der Waals surface area contributed by atoms with Crippen LogP contribution in [0, 0.1) is 0 Å². The van der Waals surface area contributed by atoms with Crippen LogP contribution in [-0.2, 0) is 4.79 Å². The topological polar surface area (TPSA) is 59.9 Å². The fourth-order valence-corrected chi connectivity index (χ4v) is 2.15. The number of halogens is 1. The lowest BCUT2D eigenvalue weighted by molar-refractivity contribution is -0.127. The number of carbonyl (C=O) groups excluding carboxylic acids is 1. The maximum absolute atomic E-state index is 12.0. The van der Waals surface area contributed by atoms with Crippen LogP contribution >= 0.6 is 15.9 Å². The lowest BCUT2D eigenvalue weighted by Gasteiger charge is -2.13. The molecule has 0 fully saturated rings. The summed E-state index contributed by atoms with van der Waals surface area (Å²) in [4.78, 5) is 12.0. The first kappa shape index (κ1) is 17.0. The fourth-order valence-electron chi connectivity index (χ4n) is 1.77. The molecule has 2 rings (SSSR count). The molecule has 0 aliphatic carbocycles. The Labute approximate surface area is 143 Å². The summed E-state index contributed by atoms with van der Waals surface area (Å²) in [6, 6.07) is 14.7. The third-order valence-corrected chi connectivity index (χ3v) is 3.65. The summed E-state index contributed by atoms with van der Waals surface area (Å²) in [6.45, 7) is 1.66. The Morgan fingerprint density at radius 1 is 1.26 bits per heavy atom. The Morgan fingerprint density at radius 3 is 2.78 bits per heavy atom. The summed E-state index contributed by atoms with van der Waals surface area (Å²) < 4.78 is 11.5. The SMILES string of the molecule is COc1cccc(/C=N\NC(=O)[C@@H](C)Oc2ccccc2Br)c1. The van der Waals surface area contributed by atoms with Crippen molar-refractivity contribution in [3.63, 3.8) is 0 Å². The second-order valence-electron chi connectivity index (χ2n) is 4.70. The van der Waals surface area contributed by atoms with E-state index in [4.69, 9.17) is 9.47 Å². The maximum Gasteiger partial charge on any atom is 0.280 e. The molecule has 0 heterocycles. The van der Waals surface area contributed by atoms with Crippen molar-refractivity contribution in [2.75, 3.05) is 7.11 Å². The zero-order valence-corrected chi connectivity index (χ0v) is 14.4. The van der Waals surface area contributed by atoms with Crippen molar-refractivity contribution in [1.29, 1.82) is 0 Å². The van der Waals surface area contributed by atoms with Crippen LogP contribution in [0.5, 0.6) is 11.5 Å². The third-order valence-electron chi connectivity index (χ3n) is 2.99. The van der Waals surface area contributed by atoms with Gasteiger partial charge in [0.15, 0.2) is 6.10 Å². The summed E-state index contributed by atoms with van der Waals surface area (Å²) in [5, 5.41) is 3.93. The van der Waals surface area contributed by atoms with Crippen molar-refractivity contribution in [2.45, 2.75) is 13.0 Å². The van der Waals surface area contributed by atoms with E-state index in [0.717, 1.165) is 15.8 Å². The average molecular weight is 377 g/mol. The lowest BCUT2D eigenvalue weighted by atomic mass is 10.2. The Balaban J connectivity index is 1.91. The number of hydrogen-bond acceptors (Lipinski definition) is 4. The molecule has 0 aliphatic heterocycles. The highest BCUT2D eigenvalue weighted by Gasteiger charge is 2.15. The van der Waals surface area contributed by atoms with E-state index in [9.17, 15) is 4.79 Å². The predicted molar refractivity (Wildman–Crippen MR) is 93.0 cm³/mol. The zero-order valence-electron chi connectivity index (χ0n) is 12.8. The molecule has 2 aromatic rings. The van der Waals surface area contributed by atoms with E-state index in [1.807, 2.05) is 42.5 Å². The molecule has 0 saturated heterocycles. The van der Waals surface area contributed by atoms with E-state index in [-0.39, 0.29) is 5.91 Å². The second-order valence-corrected chi connectivity index (χ2v) is 5.56. The Morgan fingerprint density at radius 2 is 2.04 bits per heavy atom. The number of methoxy groups -OCH3 is 1. The van der Waals surface area contributed by atoms with E-state index >= 15 is 0 Å². The summed E-state index contributed by atoms with van der Waals surface area (Å²) in [5.74, 6) is 0.998. The Kier molecular flexibility index (Phi) is 6.17. The van der Waals surface area contributed by atoms with Crippen LogP contribution in [0.2, 0.25) is 0 Å². The van der Waals surface area contributed by atoms with E-state index in [1.165, 1.54) is 0 Å². The number of nitrogens with one attached hydrogen (secondary N) is 1. The van der Waals surface area contributed by atoms with Gasteiger partial charge in [0.05, 0.1) is 17.8 Å². The van der Waals surface area contributed by atoms with Gasteiger partial charge in [0.1, 0.15) is 11.5 Å². The minimum atomic E-state index is -0.670. The van der Waals surface area contributed by atoms with Gasteiger partial charge in [0.2, 0.25) is 0 Å². The molecule has 0 aliphatic rings. The van der Waals surface area contributed by atoms with Gasteiger partial charge in [-0.25, -0.2) is 5.43 Å². The molecule has 5 nitrogen and oxygen atoms in total. The number of hydrogen-bond donors (Lipinski definition) is 1. The summed E-state index contributed by atoms with van der Waals surface area (Å²) in [5.41, 5.74) is 3.28. The van der Waals surface area contributed by atoms with Gasteiger partial charge in [-0.3, -0.25) is 4.79 Å². The minimum Gasteiger partial charge on any atom is -0.497 e. The second kappa shape index (κ2) is 8.33. The predicted octanol–water partition coefficient (Wildman–Crippen LogP) is 3.38. The van der Waals surface area contributed by atoms with Crippen LogP contribution in [0.1, 0.15) is 12.5 Å². The number of benzene rings is 2. The molecule has 0 aromatic heterocycles. The lowest BCUT2D eigenvalue weighted by Crippen LogP contribution is -2.33. The van der Waals surface area contributed by atoms with Gasteiger partial charge in [-0.2, -0.15) is 5.10 Å². The van der Waals surface area contributed by atoms with E-state index in [1.54, 1.807) is 26.3 Å². The molecule has 1 atom stereocenters. The van der Waals surface area contributed by atoms with Crippen LogP contribution in [0.15, 0.2) is 58.1 Å². The standard InChI is InChI=1S/C17H17BrN2O3/c1-12(23-16-9-4-3-8-15(16)18)17(21)20-19-11-13-6-5-7-14(10-13)22-2/h3-12H,1-2H3,(H,20,21)/b19-11-/t12-/m1/s1. The number of carbonyl (C=O) groups is 1. The molecule has 2 aromatic carbocycles. The first-order chi connectivity index (χ1) is 11.1. The van der Waals surface area contributed by atoms with Crippen molar-refractivity contribution < 1.29 is 14.3 Å². The molecule has 0 saturated carbocycles. The van der Waals surface area contributed by atoms with Crippen LogP contribution in [0.25, 0.3) is 0 Å². The zero-order chi connectivity index (χ0) is 16.7. The first-order valence-electron chi connectivity index (χ1n) is 6.98. The van der Waals surface area contributed by atoms with Gasteiger partial charge in [0, 0.05) is 0 Å². The largest absolute Gasteiger partial charge is 0.497 e. The number of ether oxygens (including phenoxy) is 2. The Bertz CT molecular complexity index is 704. The van der Waals surface area contributed by atoms with Crippen molar-refractivity contribution in [3.8, 4) is 11.5 Å². The van der Waals surface area contributed by atoms with Crippen LogP contribution in [0.3, 0.4) is 0 Å². The highest BCUT2D eigenvalue weighted by Crippen LogP contribution is 2.24. The molecule has 0 spiro atoms. The molecule has 23 heavy (non-hydrogen) atoms. The highest BCUT2D eigenvalue weighted by molar-refractivity contribution is 9.10. The Hall–Kier alpha value is -2.34. The monoisotopic (exact) mass is 376 g/mol. The fraction of sp³-hybridized carbons (Fsp3) is 0.176. The normalized spacial score (nSPS) is 12.0. The maximum atomic E-state index is 12.0. The third kappa shape index (κ3) is 5.10. The number of nitrogens with zero attached hydrogens (tertiary/aromatic N) is 1. The first-order valence-corrected chi connectivity index (χ1v) is 7.77. The molecular weight excluding hydrogens is 360 g/mol. The van der Waals surface area contributed by atoms with E-state index in [2.05, 4.69) is 26.5 Å². The smallest absolute Gasteiger partial charge is 0.280 e. The number of rotatable bonds is 6. The highest BCUT2D eigenvalue weighted by atomic mass is 79.9. The average Bonchev–Trinajstić information content (AvgIpc) is 2.57. The van der Waals surface area contributed by atoms with Gasteiger partial charge in [-0.05, 0) is 52.7 Å². The van der Waals surface area contributed by atoms with Gasteiger partial charge in [0.25, 0.3) is 5.91 Å². The van der Waals surface area contributed by atoms with E-state index in [0.29, 0.717) is 5.75 Å². The van der Waals surface area contributed by atoms with Crippen LogP contribution in [0.4, 0.5) is 0 Å². The minimum absolute atomic E-state index is 0.333. The summed E-state index contributed by atoms with van der Waals surface area (Å²) in [7, 11) is 1.60. The van der Waals surface area contributed by atoms with Crippen molar-refractivity contribution in [3.05, 3.63) is 58.6 Å². The van der Waals surface area contributed by atoms with Crippen LogP contribution < -0.4 is 14.9 Å². The van der Waals surface area contributed by atoms with Crippen molar-refractivity contribution in [2.24, 2.45) is 5.10 Å². The number of amides is 1. The molecule has 120 valence electrons. The van der Waals surface area contributed by atoms with E-state index < -0.39 is 6.10 Å². The molecular formula is C17H17BrN2O3. The van der Waals surface area contributed by atoms with Crippen LogP contribution in [-0.4, -0.2) is 25.3 Å². The van der Waals surface area contributed by atoms with Gasteiger partial charge < -0.3 is 9.47 Å². The van der Waals surface area contributed by atoms with Crippen molar-refractivity contribution >= 4 is 28.1 Å². The molecule has 0 unspecified atom stereocenters. The molecule has 0 bridgehead atoms. The number of hydrazone groups is 1. The summed E-state index contributed by atoms with van der Waals surface area (Å²) >= 11 is 3.37. The number of para-hydroxylation sites is 1. The molecule has 1 N–H and O–H groups in total. The van der Waals surface area contributed by atoms with Crippen molar-refractivity contribution in [1.82, 2.24) is 5.43 Å².